The Hall–Kier alpha value is -6.39. The van der Waals surface area contributed by atoms with Crippen LogP contribution in [0.15, 0.2) is 214 Å². The van der Waals surface area contributed by atoms with Crippen LogP contribution in [0.25, 0.3) is 83.8 Å². The number of halogens is 3. The summed E-state index contributed by atoms with van der Waals surface area (Å²) in [5.41, 5.74) is 16.3. The fourth-order valence-corrected chi connectivity index (χ4v) is 9.60. The fraction of sp³-hybridized carbons (Fsp3) is 0. The van der Waals surface area contributed by atoms with Crippen molar-refractivity contribution in [3.8, 4) is 83.8 Å². The first kappa shape index (κ1) is 37.9. The summed E-state index contributed by atoms with van der Waals surface area (Å²) in [6, 6.07) is 58.0. The molecule has 10 aromatic rings. The second-order valence-corrected chi connectivity index (χ2v) is 16.8. The highest BCUT2D eigenvalue weighted by molar-refractivity contribution is 9.11. The maximum Gasteiger partial charge on any atom is 0.0657 e. The number of rotatable bonds is 9. The van der Waals surface area contributed by atoms with Crippen molar-refractivity contribution in [3.63, 3.8) is 0 Å². The van der Waals surface area contributed by atoms with Crippen LogP contribution in [0.3, 0.4) is 0 Å². The summed E-state index contributed by atoms with van der Waals surface area (Å²) in [4.78, 5) is 0. The van der Waals surface area contributed by atoms with E-state index in [0.717, 1.165) is 97.2 Å². The maximum atomic E-state index is 4.45. The van der Waals surface area contributed by atoms with Gasteiger partial charge in [0.25, 0.3) is 0 Å². The fourth-order valence-electron chi connectivity index (χ4n) is 7.86. The number of aromatic nitrogens is 6. The molecule has 0 unspecified atom stereocenters. The van der Waals surface area contributed by atoms with Crippen molar-refractivity contribution in [2.24, 2.45) is 0 Å². The molecular formula is C51H33Br3N6. The summed E-state index contributed by atoms with van der Waals surface area (Å²) in [5.74, 6) is 0. The van der Waals surface area contributed by atoms with E-state index in [1.165, 1.54) is 0 Å². The van der Waals surface area contributed by atoms with E-state index in [1.807, 2.05) is 50.8 Å². The standard InChI is InChI=1S/C51H33Br3N6/c52-49-31-37(58-25-7-22-55-58)16-19-46(49)43-13-4-1-10-40(43)34-28-35(41-11-2-5-14-44(41)47-20-17-38(32-50(47)53)59-26-8-23-56-59)30-36(29-34)42-12-3-6-15-45(42)48-21-18-39(33-51(48)54)60-27-9-24-57-60/h1-33H. The Morgan fingerprint density at radius 2 is 0.567 bits per heavy atom. The Balaban J connectivity index is 1.16. The number of hydrogen-bond acceptors (Lipinski definition) is 3. The maximum absolute atomic E-state index is 4.45. The molecular weight excluding hydrogens is 936 g/mol. The van der Waals surface area contributed by atoms with E-state index >= 15 is 0 Å². The molecule has 7 aromatic carbocycles. The van der Waals surface area contributed by atoms with E-state index < -0.39 is 0 Å². The highest BCUT2D eigenvalue weighted by Gasteiger charge is 2.19. The minimum atomic E-state index is 0.984. The van der Waals surface area contributed by atoms with Crippen LogP contribution in [-0.4, -0.2) is 29.3 Å². The molecule has 0 aliphatic heterocycles. The van der Waals surface area contributed by atoms with Gasteiger partial charge in [-0.1, -0.05) is 139 Å². The van der Waals surface area contributed by atoms with Crippen molar-refractivity contribution in [1.82, 2.24) is 29.3 Å². The summed E-state index contributed by atoms with van der Waals surface area (Å²) in [7, 11) is 0. The molecule has 10 rings (SSSR count). The van der Waals surface area contributed by atoms with Gasteiger partial charge in [0.05, 0.1) is 17.1 Å². The summed E-state index contributed by atoms with van der Waals surface area (Å²) in [6.07, 6.45) is 11.2. The molecule has 0 aliphatic carbocycles. The van der Waals surface area contributed by atoms with E-state index in [-0.39, 0.29) is 0 Å². The lowest BCUT2D eigenvalue weighted by Gasteiger charge is -2.19. The molecule has 0 bridgehead atoms. The van der Waals surface area contributed by atoms with Crippen LogP contribution in [-0.2, 0) is 0 Å². The van der Waals surface area contributed by atoms with Gasteiger partial charge >= 0.3 is 0 Å². The average molecular weight is 970 g/mol. The van der Waals surface area contributed by atoms with Crippen molar-refractivity contribution in [3.05, 3.63) is 214 Å². The SMILES string of the molecule is Brc1cc(-n2cccn2)ccc1-c1ccccc1-c1cc(-c2ccccc2-c2ccc(-n3cccn3)cc2Br)cc(-c2ccccc2-c2ccc(-n3cccn3)cc2Br)c1. The van der Waals surface area contributed by atoms with Crippen molar-refractivity contribution in [2.45, 2.75) is 0 Å². The molecule has 3 heterocycles. The molecule has 6 nitrogen and oxygen atoms in total. The Bertz CT molecular complexity index is 2790. The second kappa shape index (κ2) is 16.3. The van der Waals surface area contributed by atoms with Gasteiger partial charge in [-0.3, -0.25) is 0 Å². The smallest absolute Gasteiger partial charge is 0.0657 e. The third-order valence-electron chi connectivity index (χ3n) is 10.7. The topological polar surface area (TPSA) is 53.5 Å². The third-order valence-corrected chi connectivity index (χ3v) is 12.7. The van der Waals surface area contributed by atoms with Crippen LogP contribution in [0.5, 0.6) is 0 Å². The van der Waals surface area contributed by atoms with Gasteiger partial charge in [-0.2, -0.15) is 15.3 Å². The minimum absolute atomic E-state index is 0.984. The lowest BCUT2D eigenvalue weighted by molar-refractivity contribution is 0.880. The predicted octanol–water partition coefficient (Wildman–Crippen LogP) is 14.5. The van der Waals surface area contributed by atoms with Gasteiger partial charge in [-0.05, 0) is 140 Å². The summed E-state index contributed by atoms with van der Waals surface area (Å²) in [5, 5.41) is 13.4. The molecule has 0 radical (unpaired) electrons. The number of benzene rings is 7. The third kappa shape index (κ3) is 7.30. The van der Waals surface area contributed by atoms with Gasteiger partial charge in [0.2, 0.25) is 0 Å². The zero-order valence-electron chi connectivity index (χ0n) is 31.9. The highest BCUT2D eigenvalue weighted by atomic mass is 79.9. The van der Waals surface area contributed by atoms with Gasteiger partial charge < -0.3 is 0 Å². The molecule has 9 heteroatoms. The molecule has 288 valence electrons. The molecule has 0 spiro atoms. The van der Waals surface area contributed by atoms with Crippen LogP contribution in [0.4, 0.5) is 0 Å². The molecule has 0 amide bonds. The Labute approximate surface area is 372 Å². The molecule has 0 saturated carbocycles. The predicted molar refractivity (Wildman–Crippen MR) is 254 cm³/mol. The lowest BCUT2D eigenvalue weighted by Crippen LogP contribution is -1.96. The molecule has 0 fully saturated rings. The quantitative estimate of drug-likeness (QED) is 0.145. The van der Waals surface area contributed by atoms with Crippen molar-refractivity contribution in [2.75, 3.05) is 0 Å². The summed E-state index contributed by atoms with van der Waals surface area (Å²) < 4.78 is 8.58. The van der Waals surface area contributed by atoms with Crippen molar-refractivity contribution >= 4 is 47.8 Å². The van der Waals surface area contributed by atoms with Gasteiger partial charge in [-0.15, -0.1) is 0 Å². The van der Waals surface area contributed by atoms with Crippen LogP contribution in [0.1, 0.15) is 0 Å². The van der Waals surface area contributed by atoms with Crippen LogP contribution in [0.2, 0.25) is 0 Å². The zero-order chi connectivity index (χ0) is 40.6. The average Bonchev–Trinajstić information content (AvgIpc) is 4.12. The van der Waals surface area contributed by atoms with Gasteiger partial charge in [0.1, 0.15) is 0 Å². The number of nitrogens with zero attached hydrogens (tertiary/aromatic N) is 6. The van der Waals surface area contributed by atoms with E-state index in [2.05, 4.69) is 209 Å². The first-order valence-electron chi connectivity index (χ1n) is 19.3. The number of hydrogen-bond donors (Lipinski definition) is 0. The van der Waals surface area contributed by atoms with E-state index in [0.29, 0.717) is 0 Å². The minimum Gasteiger partial charge on any atom is -0.241 e. The van der Waals surface area contributed by atoms with E-state index in [4.69, 9.17) is 0 Å². The summed E-state index contributed by atoms with van der Waals surface area (Å²) in [6.45, 7) is 0. The molecule has 60 heavy (non-hydrogen) atoms. The zero-order valence-corrected chi connectivity index (χ0v) is 36.6. The molecule has 0 atom stereocenters. The van der Waals surface area contributed by atoms with E-state index in [1.54, 1.807) is 18.6 Å². The largest absolute Gasteiger partial charge is 0.241 e. The Morgan fingerprint density at radius 1 is 0.283 bits per heavy atom. The van der Waals surface area contributed by atoms with Crippen LogP contribution < -0.4 is 0 Å². The molecule has 0 saturated heterocycles. The first-order chi connectivity index (χ1) is 29.5. The van der Waals surface area contributed by atoms with E-state index in [9.17, 15) is 0 Å². The van der Waals surface area contributed by atoms with Crippen LogP contribution >= 0.6 is 47.8 Å². The van der Waals surface area contributed by atoms with Gasteiger partial charge in [0, 0.05) is 50.6 Å². The summed E-state index contributed by atoms with van der Waals surface area (Å²) >= 11 is 11.8. The molecule has 0 aliphatic rings. The molecule has 0 N–H and O–H groups in total. The Kier molecular flexibility index (Phi) is 10.3. The first-order valence-corrected chi connectivity index (χ1v) is 21.7. The van der Waals surface area contributed by atoms with Gasteiger partial charge in [0.15, 0.2) is 0 Å². The highest BCUT2D eigenvalue weighted by Crippen LogP contribution is 2.45. The second-order valence-electron chi connectivity index (χ2n) is 14.3. The van der Waals surface area contributed by atoms with Crippen molar-refractivity contribution in [1.29, 1.82) is 0 Å². The lowest BCUT2D eigenvalue weighted by atomic mass is 9.86. The normalized spacial score (nSPS) is 11.2. The van der Waals surface area contributed by atoms with Crippen molar-refractivity contribution < 1.29 is 0 Å². The van der Waals surface area contributed by atoms with Gasteiger partial charge in [-0.25, -0.2) is 14.0 Å². The van der Waals surface area contributed by atoms with Crippen LogP contribution in [0, 0.1) is 0 Å². The monoisotopic (exact) mass is 966 g/mol. The molecule has 3 aromatic heterocycles. The Morgan fingerprint density at radius 3 is 0.817 bits per heavy atom.